The largest absolute Gasteiger partial charge is 0.393 e. The van der Waals surface area contributed by atoms with E-state index in [1.807, 2.05) is 0 Å². The molecule has 0 saturated heterocycles. The Kier molecular flexibility index (Phi) is 4.77. The van der Waals surface area contributed by atoms with E-state index in [2.05, 4.69) is 12.2 Å². The molecule has 6 nitrogen and oxygen atoms in total. The van der Waals surface area contributed by atoms with Gasteiger partial charge in [-0.3, -0.25) is 14.9 Å². The van der Waals surface area contributed by atoms with Crippen molar-refractivity contribution in [1.82, 2.24) is 5.32 Å². The second-order valence-electron chi connectivity index (χ2n) is 5.53. The van der Waals surface area contributed by atoms with Crippen LogP contribution in [-0.4, -0.2) is 16.9 Å². The fourth-order valence-electron chi connectivity index (χ4n) is 3.08. The van der Waals surface area contributed by atoms with E-state index in [0.29, 0.717) is 5.92 Å². The average Bonchev–Trinajstić information content (AvgIpc) is 2.47. The molecule has 1 amide bonds. The third-order valence-electron chi connectivity index (χ3n) is 4.24. The fourth-order valence-corrected chi connectivity index (χ4v) is 3.08. The van der Waals surface area contributed by atoms with E-state index >= 15 is 0 Å². The molecule has 0 bridgehead atoms. The van der Waals surface area contributed by atoms with Crippen molar-refractivity contribution in [3.8, 4) is 0 Å². The van der Waals surface area contributed by atoms with Gasteiger partial charge in [0.05, 0.1) is 4.92 Å². The summed E-state index contributed by atoms with van der Waals surface area (Å²) in [5, 5.41) is 14.1. The number of carbonyl (C=O) groups is 1. The molecule has 1 saturated carbocycles. The van der Waals surface area contributed by atoms with Crippen LogP contribution in [0.3, 0.4) is 0 Å². The van der Waals surface area contributed by atoms with E-state index in [9.17, 15) is 14.9 Å². The maximum Gasteiger partial charge on any atom is 0.304 e. The lowest BCUT2D eigenvalue weighted by Gasteiger charge is -2.31. The molecule has 1 fully saturated rings. The van der Waals surface area contributed by atoms with Crippen LogP contribution in [0, 0.1) is 16.0 Å². The highest BCUT2D eigenvalue weighted by Crippen LogP contribution is 2.29. The number of hydrogen-bond acceptors (Lipinski definition) is 4. The maximum atomic E-state index is 12.4. The van der Waals surface area contributed by atoms with Crippen molar-refractivity contribution in [2.45, 2.75) is 45.1 Å². The molecule has 21 heavy (non-hydrogen) atoms. The molecule has 2 atom stereocenters. The third kappa shape index (κ3) is 3.32. The topological polar surface area (TPSA) is 98.3 Å². The van der Waals surface area contributed by atoms with Gasteiger partial charge in [-0.2, -0.15) is 0 Å². The minimum absolute atomic E-state index is 0.0170. The molecular weight excluding hydrogens is 270 g/mol. The molecule has 1 aliphatic rings. The molecular formula is C15H21N3O3. The number of benzene rings is 1. The molecule has 2 unspecified atom stereocenters. The number of para-hydroxylation sites is 1. The molecule has 2 rings (SSSR count). The van der Waals surface area contributed by atoms with Gasteiger partial charge in [-0.25, -0.2) is 0 Å². The van der Waals surface area contributed by atoms with Gasteiger partial charge in [0.1, 0.15) is 11.3 Å². The Morgan fingerprint density at radius 3 is 2.81 bits per heavy atom. The third-order valence-corrected chi connectivity index (χ3v) is 4.24. The molecule has 0 heterocycles. The predicted molar refractivity (Wildman–Crippen MR) is 81.0 cm³/mol. The predicted octanol–water partition coefficient (Wildman–Crippen LogP) is 2.88. The Bertz CT molecular complexity index is 545. The molecule has 0 aromatic heterocycles. The van der Waals surface area contributed by atoms with Crippen LogP contribution in [0.1, 0.15) is 49.4 Å². The second-order valence-corrected chi connectivity index (χ2v) is 5.53. The van der Waals surface area contributed by atoms with Crippen LogP contribution in [-0.2, 0) is 0 Å². The molecule has 6 heteroatoms. The number of nitrogens with two attached hydrogens (primary N) is 1. The number of nitrogens with zero attached hydrogens (tertiary/aromatic N) is 1. The SMILES string of the molecule is CCC1CCCCC1NC(=O)c1cccc(N)c1[N+](=O)[O-]. The first-order valence-corrected chi connectivity index (χ1v) is 7.38. The summed E-state index contributed by atoms with van der Waals surface area (Å²) >= 11 is 0. The first-order chi connectivity index (χ1) is 10.0. The van der Waals surface area contributed by atoms with Gasteiger partial charge in [0.15, 0.2) is 0 Å². The minimum Gasteiger partial charge on any atom is -0.393 e. The maximum absolute atomic E-state index is 12.4. The zero-order valence-corrected chi connectivity index (χ0v) is 12.2. The first-order valence-electron chi connectivity index (χ1n) is 7.38. The highest BCUT2D eigenvalue weighted by Gasteiger charge is 2.28. The van der Waals surface area contributed by atoms with Crippen LogP contribution in [0.4, 0.5) is 11.4 Å². The number of amides is 1. The van der Waals surface area contributed by atoms with Crippen molar-refractivity contribution in [3.63, 3.8) is 0 Å². The number of nitrogens with one attached hydrogen (secondary N) is 1. The summed E-state index contributed by atoms with van der Waals surface area (Å²) in [6, 6.07) is 4.55. The van der Waals surface area contributed by atoms with E-state index in [4.69, 9.17) is 5.73 Å². The Labute approximate surface area is 123 Å². The second kappa shape index (κ2) is 6.56. The molecule has 114 valence electrons. The molecule has 1 aromatic rings. The molecule has 1 aliphatic carbocycles. The molecule has 0 spiro atoms. The van der Waals surface area contributed by atoms with E-state index in [-0.39, 0.29) is 23.0 Å². The van der Waals surface area contributed by atoms with Crippen LogP contribution in [0.5, 0.6) is 0 Å². The Morgan fingerprint density at radius 1 is 1.43 bits per heavy atom. The summed E-state index contributed by atoms with van der Waals surface area (Å²) in [7, 11) is 0. The Balaban J connectivity index is 2.20. The zero-order chi connectivity index (χ0) is 15.4. The normalized spacial score (nSPS) is 21.8. The van der Waals surface area contributed by atoms with Crippen LogP contribution < -0.4 is 11.1 Å². The van der Waals surface area contributed by atoms with E-state index < -0.39 is 10.8 Å². The number of nitrogen functional groups attached to an aromatic ring is 1. The molecule has 3 N–H and O–H groups in total. The van der Waals surface area contributed by atoms with E-state index in [1.54, 1.807) is 6.07 Å². The average molecular weight is 291 g/mol. The van der Waals surface area contributed by atoms with Gasteiger partial charge >= 0.3 is 5.69 Å². The quantitative estimate of drug-likeness (QED) is 0.506. The van der Waals surface area contributed by atoms with Crippen molar-refractivity contribution < 1.29 is 9.72 Å². The van der Waals surface area contributed by atoms with Crippen LogP contribution >= 0.6 is 0 Å². The Hall–Kier alpha value is -2.11. The lowest BCUT2D eigenvalue weighted by Crippen LogP contribution is -2.42. The zero-order valence-electron chi connectivity index (χ0n) is 12.2. The summed E-state index contributed by atoms with van der Waals surface area (Å²) in [5.74, 6) is 0.0437. The number of nitro benzene ring substituents is 1. The summed E-state index contributed by atoms with van der Waals surface area (Å²) in [6.45, 7) is 2.11. The highest BCUT2D eigenvalue weighted by atomic mass is 16.6. The number of rotatable bonds is 4. The summed E-state index contributed by atoms with van der Waals surface area (Å²) in [4.78, 5) is 22.9. The van der Waals surface area contributed by atoms with Crippen molar-refractivity contribution in [2.75, 3.05) is 5.73 Å². The number of anilines is 1. The Morgan fingerprint density at radius 2 is 2.14 bits per heavy atom. The van der Waals surface area contributed by atoms with Crippen molar-refractivity contribution in [1.29, 1.82) is 0 Å². The van der Waals surface area contributed by atoms with Gasteiger partial charge in [0, 0.05) is 6.04 Å². The molecule has 0 aliphatic heterocycles. The van der Waals surface area contributed by atoms with Crippen molar-refractivity contribution in [3.05, 3.63) is 33.9 Å². The summed E-state index contributed by atoms with van der Waals surface area (Å²) in [5.41, 5.74) is 5.38. The van der Waals surface area contributed by atoms with Crippen molar-refractivity contribution >= 4 is 17.3 Å². The number of hydrogen-bond donors (Lipinski definition) is 2. The van der Waals surface area contributed by atoms with Crippen LogP contribution in [0.25, 0.3) is 0 Å². The lowest BCUT2D eigenvalue weighted by atomic mass is 9.83. The summed E-state index contributed by atoms with van der Waals surface area (Å²) in [6.07, 6.45) is 5.30. The van der Waals surface area contributed by atoms with E-state index in [1.165, 1.54) is 18.6 Å². The lowest BCUT2D eigenvalue weighted by molar-refractivity contribution is -0.384. The smallest absolute Gasteiger partial charge is 0.304 e. The van der Waals surface area contributed by atoms with Gasteiger partial charge in [0.2, 0.25) is 0 Å². The summed E-state index contributed by atoms with van der Waals surface area (Å²) < 4.78 is 0. The van der Waals surface area contributed by atoms with Gasteiger partial charge in [0.25, 0.3) is 5.91 Å². The number of carbonyl (C=O) groups excluding carboxylic acids is 1. The van der Waals surface area contributed by atoms with Crippen LogP contribution in [0.15, 0.2) is 18.2 Å². The standard InChI is InChI=1S/C15H21N3O3/c1-2-10-6-3-4-9-13(10)17-15(19)11-7-5-8-12(16)14(11)18(20)21/h5,7-8,10,13H,2-4,6,9,16H2,1H3,(H,17,19). The first kappa shape index (κ1) is 15.3. The van der Waals surface area contributed by atoms with Gasteiger partial charge in [-0.1, -0.05) is 32.3 Å². The monoisotopic (exact) mass is 291 g/mol. The van der Waals surface area contributed by atoms with Gasteiger partial charge in [-0.15, -0.1) is 0 Å². The highest BCUT2D eigenvalue weighted by molar-refractivity contribution is 6.00. The number of nitro groups is 1. The van der Waals surface area contributed by atoms with E-state index in [0.717, 1.165) is 25.7 Å². The molecule has 0 radical (unpaired) electrons. The van der Waals surface area contributed by atoms with Gasteiger partial charge < -0.3 is 11.1 Å². The van der Waals surface area contributed by atoms with Crippen LogP contribution in [0.2, 0.25) is 0 Å². The fraction of sp³-hybridized carbons (Fsp3) is 0.533. The van der Waals surface area contributed by atoms with Crippen molar-refractivity contribution in [2.24, 2.45) is 5.92 Å². The minimum atomic E-state index is -0.595. The van der Waals surface area contributed by atoms with Gasteiger partial charge in [-0.05, 0) is 30.9 Å². The molecule has 1 aromatic carbocycles.